The number of benzene rings is 2. The molecule has 1 atom stereocenters. The lowest BCUT2D eigenvalue weighted by molar-refractivity contribution is -0.120. The Kier molecular flexibility index (Phi) is 6.56. The van der Waals surface area contributed by atoms with Crippen molar-refractivity contribution < 1.29 is 13.9 Å². The van der Waals surface area contributed by atoms with Crippen LogP contribution >= 0.6 is 11.8 Å². The van der Waals surface area contributed by atoms with Crippen molar-refractivity contribution in [1.29, 1.82) is 0 Å². The molecule has 0 radical (unpaired) electrons. The van der Waals surface area contributed by atoms with E-state index in [2.05, 4.69) is 15.5 Å². The molecule has 0 spiro atoms. The van der Waals surface area contributed by atoms with Crippen LogP contribution in [0.15, 0.2) is 53.7 Å². The Bertz CT molecular complexity index is 1050. The van der Waals surface area contributed by atoms with Gasteiger partial charge in [0, 0.05) is 12.6 Å². The molecule has 1 aliphatic carbocycles. The van der Waals surface area contributed by atoms with Crippen molar-refractivity contribution in [2.75, 3.05) is 13.7 Å². The fourth-order valence-corrected chi connectivity index (χ4v) is 4.27. The molecule has 0 saturated heterocycles. The summed E-state index contributed by atoms with van der Waals surface area (Å²) in [5.41, 5.74) is 1.56. The van der Waals surface area contributed by atoms with Gasteiger partial charge in [-0.1, -0.05) is 36.0 Å². The van der Waals surface area contributed by atoms with Gasteiger partial charge in [-0.05, 0) is 56.0 Å². The van der Waals surface area contributed by atoms with Crippen LogP contribution < -0.4 is 10.1 Å². The van der Waals surface area contributed by atoms with Gasteiger partial charge in [0.15, 0.2) is 11.0 Å². The lowest BCUT2D eigenvalue weighted by Gasteiger charge is -2.13. The number of ether oxygens (including phenoxy) is 1. The first-order valence-corrected chi connectivity index (χ1v) is 11.2. The third-order valence-electron chi connectivity index (χ3n) is 5.21. The van der Waals surface area contributed by atoms with Crippen LogP contribution in [0.5, 0.6) is 5.75 Å². The average Bonchev–Trinajstić information content (AvgIpc) is 3.54. The number of amides is 1. The average molecular weight is 441 g/mol. The van der Waals surface area contributed by atoms with Gasteiger partial charge in [0.25, 0.3) is 0 Å². The highest BCUT2D eigenvalue weighted by Crippen LogP contribution is 2.42. The van der Waals surface area contributed by atoms with E-state index in [0.717, 1.165) is 30.6 Å². The van der Waals surface area contributed by atoms with Crippen molar-refractivity contribution in [1.82, 2.24) is 20.1 Å². The molecular formula is C23H25FN4O2S. The number of hydrogen-bond donors (Lipinski definition) is 1. The maximum Gasteiger partial charge on any atom is 0.233 e. The van der Waals surface area contributed by atoms with E-state index < -0.39 is 0 Å². The summed E-state index contributed by atoms with van der Waals surface area (Å²) in [6, 6.07) is 14.6. The second-order valence-electron chi connectivity index (χ2n) is 7.54. The molecule has 1 amide bonds. The van der Waals surface area contributed by atoms with Crippen LogP contribution in [0.4, 0.5) is 4.39 Å². The number of halogens is 1. The molecular weight excluding hydrogens is 415 g/mol. The minimum Gasteiger partial charge on any atom is -0.497 e. The summed E-state index contributed by atoms with van der Waals surface area (Å²) in [7, 11) is 1.64. The van der Waals surface area contributed by atoms with E-state index in [9.17, 15) is 9.18 Å². The van der Waals surface area contributed by atoms with Gasteiger partial charge in [-0.15, -0.1) is 10.2 Å². The van der Waals surface area contributed by atoms with Gasteiger partial charge in [-0.2, -0.15) is 0 Å². The summed E-state index contributed by atoms with van der Waals surface area (Å²) in [6.07, 6.45) is 2.76. The largest absolute Gasteiger partial charge is 0.497 e. The molecule has 1 heterocycles. The molecule has 1 N–H and O–H groups in total. The smallest absolute Gasteiger partial charge is 0.233 e. The molecule has 1 aliphatic rings. The van der Waals surface area contributed by atoms with E-state index in [1.165, 1.54) is 17.8 Å². The topological polar surface area (TPSA) is 69.0 Å². The first-order chi connectivity index (χ1) is 15.1. The summed E-state index contributed by atoms with van der Waals surface area (Å²) in [5, 5.41) is 11.8. The number of rotatable bonds is 9. The Morgan fingerprint density at radius 3 is 2.65 bits per heavy atom. The maximum atomic E-state index is 14.3. The van der Waals surface area contributed by atoms with Gasteiger partial charge in [-0.3, -0.25) is 9.36 Å². The molecule has 0 aliphatic heterocycles. The lowest BCUT2D eigenvalue weighted by Crippen LogP contribution is -2.32. The van der Waals surface area contributed by atoms with Crippen molar-refractivity contribution in [2.24, 2.45) is 0 Å². The molecule has 31 heavy (non-hydrogen) atoms. The summed E-state index contributed by atoms with van der Waals surface area (Å²) < 4.78 is 21.4. The molecule has 3 aromatic rings. The summed E-state index contributed by atoms with van der Waals surface area (Å²) in [6.45, 7) is 2.40. The molecule has 1 fully saturated rings. The number of aromatic nitrogens is 3. The standard InChI is InChI=1S/C23H25FN4O2S/c1-15(22(29)25-14-13-16-7-11-18(30-2)12-8-16)31-23-27-26-21(28(23)17-9-10-17)19-5-3-4-6-20(19)24/h3-8,11-12,15,17H,9-10,13-14H2,1-2H3,(H,25,29). The van der Waals surface area contributed by atoms with Gasteiger partial charge in [0.2, 0.25) is 5.91 Å². The van der Waals surface area contributed by atoms with E-state index in [0.29, 0.717) is 23.1 Å². The SMILES string of the molecule is COc1ccc(CCNC(=O)C(C)Sc2nnc(-c3ccccc3F)n2C2CC2)cc1. The Balaban J connectivity index is 1.38. The highest BCUT2D eigenvalue weighted by molar-refractivity contribution is 8.00. The zero-order valence-electron chi connectivity index (χ0n) is 17.5. The van der Waals surface area contributed by atoms with Crippen LogP contribution in [0.25, 0.3) is 11.4 Å². The third-order valence-corrected chi connectivity index (χ3v) is 6.27. The number of carbonyl (C=O) groups excluding carboxylic acids is 1. The number of methoxy groups -OCH3 is 1. The number of hydrogen-bond acceptors (Lipinski definition) is 5. The van der Waals surface area contributed by atoms with Crippen LogP contribution in [0.1, 0.15) is 31.4 Å². The van der Waals surface area contributed by atoms with Crippen molar-refractivity contribution in [3.8, 4) is 17.1 Å². The molecule has 1 aromatic heterocycles. The predicted molar refractivity (Wildman–Crippen MR) is 119 cm³/mol. The zero-order chi connectivity index (χ0) is 21.8. The van der Waals surface area contributed by atoms with Crippen LogP contribution in [0.3, 0.4) is 0 Å². The molecule has 2 aromatic carbocycles. The van der Waals surface area contributed by atoms with Gasteiger partial charge in [-0.25, -0.2) is 4.39 Å². The quantitative estimate of drug-likeness (QED) is 0.504. The fraction of sp³-hybridized carbons (Fsp3) is 0.348. The Hall–Kier alpha value is -2.87. The zero-order valence-corrected chi connectivity index (χ0v) is 18.4. The van der Waals surface area contributed by atoms with Crippen molar-refractivity contribution >= 4 is 17.7 Å². The van der Waals surface area contributed by atoms with Crippen LogP contribution in [-0.2, 0) is 11.2 Å². The van der Waals surface area contributed by atoms with E-state index >= 15 is 0 Å². The number of carbonyl (C=O) groups is 1. The number of nitrogens with zero attached hydrogens (tertiary/aromatic N) is 3. The number of thioether (sulfide) groups is 1. The van der Waals surface area contributed by atoms with Crippen molar-refractivity contribution in [2.45, 2.75) is 42.6 Å². The van der Waals surface area contributed by atoms with Crippen LogP contribution in [-0.4, -0.2) is 39.6 Å². The predicted octanol–water partition coefficient (Wildman–Crippen LogP) is 4.27. The normalized spacial score (nSPS) is 14.3. The van der Waals surface area contributed by atoms with Gasteiger partial charge in [0.05, 0.1) is 17.9 Å². The Morgan fingerprint density at radius 1 is 1.23 bits per heavy atom. The minimum atomic E-state index is -0.342. The molecule has 1 saturated carbocycles. The second-order valence-corrected chi connectivity index (χ2v) is 8.84. The van der Waals surface area contributed by atoms with Gasteiger partial charge >= 0.3 is 0 Å². The summed E-state index contributed by atoms with van der Waals surface area (Å²) >= 11 is 1.36. The molecule has 162 valence electrons. The van der Waals surface area contributed by atoms with Crippen molar-refractivity contribution in [3.05, 3.63) is 59.9 Å². The third kappa shape index (κ3) is 5.07. The van der Waals surface area contributed by atoms with E-state index in [4.69, 9.17) is 4.74 Å². The van der Waals surface area contributed by atoms with E-state index in [-0.39, 0.29) is 23.0 Å². The first-order valence-electron chi connectivity index (χ1n) is 10.3. The summed E-state index contributed by atoms with van der Waals surface area (Å²) in [4.78, 5) is 12.6. The van der Waals surface area contributed by atoms with Crippen LogP contribution in [0.2, 0.25) is 0 Å². The van der Waals surface area contributed by atoms with Crippen LogP contribution in [0, 0.1) is 5.82 Å². The van der Waals surface area contributed by atoms with Gasteiger partial charge in [0.1, 0.15) is 11.6 Å². The fourth-order valence-electron chi connectivity index (χ4n) is 3.32. The molecule has 0 bridgehead atoms. The lowest BCUT2D eigenvalue weighted by atomic mass is 10.1. The van der Waals surface area contributed by atoms with E-state index in [1.54, 1.807) is 25.3 Å². The maximum absolute atomic E-state index is 14.3. The monoisotopic (exact) mass is 440 g/mol. The highest BCUT2D eigenvalue weighted by atomic mass is 32.2. The molecule has 8 heteroatoms. The summed E-state index contributed by atoms with van der Waals surface area (Å²) in [5.74, 6) is 0.955. The molecule has 4 rings (SSSR count). The molecule has 1 unspecified atom stereocenters. The Labute approximate surface area is 185 Å². The number of nitrogens with one attached hydrogen (secondary N) is 1. The Morgan fingerprint density at radius 2 is 1.97 bits per heavy atom. The minimum absolute atomic E-state index is 0.0590. The second kappa shape index (κ2) is 9.51. The van der Waals surface area contributed by atoms with Crippen molar-refractivity contribution in [3.63, 3.8) is 0 Å². The highest BCUT2D eigenvalue weighted by Gasteiger charge is 2.32. The first kappa shape index (κ1) is 21.4. The van der Waals surface area contributed by atoms with E-state index in [1.807, 2.05) is 35.8 Å². The van der Waals surface area contributed by atoms with Gasteiger partial charge < -0.3 is 10.1 Å². The molecule has 6 nitrogen and oxygen atoms in total.